The molecule has 0 radical (unpaired) electrons. The SMILES string of the molecule is CC(C)(C)[S@@](=O)c1ccccc1/C=C/c1ccc(Cl)cc1. The lowest BCUT2D eigenvalue weighted by Crippen LogP contribution is -2.22. The fourth-order valence-corrected chi connectivity index (χ4v) is 3.21. The van der Waals surface area contributed by atoms with Crippen LogP contribution in [0.3, 0.4) is 0 Å². The zero-order chi connectivity index (χ0) is 15.5. The van der Waals surface area contributed by atoms with Crippen LogP contribution in [0.4, 0.5) is 0 Å². The minimum Gasteiger partial charge on any atom is -0.254 e. The molecule has 0 unspecified atom stereocenters. The molecule has 2 aromatic carbocycles. The predicted octanol–water partition coefficient (Wildman–Crippen LogP) is 5.42. The quantitative estimate of drug-likeness (QED) is 0.691. The Kier molecular flexibility index (Phi) is 5.02. The van der Waals surface area contributed by atoms with Gasteiger partial charge in [0.2, 0.25) is 0 Å². The summed E-state index contributed by atoms with van der Waals surface area (Å²) in [5.41, 5.74) is 2.05. The van der Waals surface area contributed by atoms with Crippen molar-refractivity contribution in [1.82, 2.24) is 0 Å². The van der Waals surface area contributed by atoms with Gasteiger partial charge in [-0.05, 0) is 50.1 Å². The molecule has 21 heavy (non-hydrogen) atoms. The molecule has 1 nitrogen and oxygen atoms in total. The van der Waals surface area contributed by atoms with Gasteiger partial charge >= 0.3 is 0 Å². The van der Waals surface area contributed by atoms with Crippen molar-refractivity contribution in [3.63, 3.8) is 0 Å². The third-order valence-corrected chi connectivity index (χ3v) is 5.14. The van der Waals surface area contributed by atoms with Gasteiger partial charge in [0.1, 0.15) is 0 Å². The van der Waals surface area contributed by atoms with Crippen LogP contribution in [-0.2, 0) is 10.8 Å². The van der Waals surface area contributed by atoms with E-state index in [0.717, 1.165) is 21.0 Å². The average Bonchev–Trinajstić information content (AvgIpc) is 2.45. The number of halogens is 1. The summed E-state index contributed by atoms with van der Waals surface area (Å²) in [6.45, 7) is 5.97. The second kappa shape index (κ2) is 6.59. The lowest BCUT2D eigenvalue weighted by molar-refractivity contribution is 0.649. The monoisotopic (exact) mass is 318 g/mol. The Morgan fingerprint density at radius 1 is 0.952 bits per heavy atom. The van der Waals surface area contributed by atoms with Crippen LogP contribution in [-0.4, -0.2) is 8.96 Å². The van der Waals surface area contributed by atoms with Gasteiger partial charge in [-0.2, -0.15) is 0 Å². The first-order chi connectivity index (χ1) is 9.88. The van der Waals surface area contributed by atoms with Gasteiger partial charge in [0, 0.05) is 14.7 Å². The maximum Gasteiger partial charge on any atom is 0.0589 e. The van der Waals surface area contributed by atoms with E-state index in [2.05, 4.69) is 0 Å². The normalized spacial score (nSPS) is 13.5. The lowest BCUT2D eigenvalue weighted by atomic mass is 10.1. The van der Waals surface area contributed by atoms with Gasteiger partial charge in [0.25, 0.3) is 0 Å². The van der Waals surface area contributed by atoms with Crippen LogP contribution < -0.4 is 0 Å². The van der Waals surface area contributed by atoms with E-state index in [9.17, 15) is 4.21 Å². The molecule has 0 saturated heterocycles. The fourth-order valence-electron chi connectivity index (χ4n) is 1.88. The second-order valence-electron chi connectivity index (χ2n) is 5.80. The second-order valence-corrected chi connectivity index (χ2v) is 8.44. The highest BCUT2D eigenvalue weighted by Gasteiger charge is 2.22. The molecule has 0 amide bonds. The third kappa shape index (κ3) is 4.29. The van der Waals surface area contributed by atoms with Crippen LogP contribution >= 0.6 is 11.6 Å². The van der Waals surface area contributed by atoms with Gasteiger partial charge in [0.05, 0.1) is 10.8 Å². The maximum atomic E-state index is 12.6. The lowest BCUT2D eigenvalue weighted by Gasteiger charge is -2.19. The molecular weight excluding hydrogens is 300 g/mol. The first-order valence-corrected chi connectivity index (χ1v) is 8.35. The molecule has 0 N–H and O–H groups in total. The minimum absolute atomic E-state index is 0.274. The number of benzene rings is 2. The Balaban J connectivity index is 2.33. The summed E-state index contributed by atoms with van der Waals surface area (Å²) in [5.74, 6) is 0. The van der Waals surface area contributed by atoms with Crippen molar-refractivity contribution in [2.24, 2.45) is 0 Å². The molecule has 0 aliphatic heterocycles. The largest absolute Gasteiger partial charge is 0.254 e. The molecule has 110 valence electrons. The zero-order valence-electron chi connectivity index (χ0n) is 12.5. The van der Waals surface area contributed by atoms with Crippen molar-refractivity contribution in [1.29, 1.82) is 0 Å². The average molecular weight is 319 g/mol. The smallest absolute Gasteiger partial charge is 0.0589 e. The molecule has 3 heteroatoms. The van der Waals surface area contributed by atoms with E-state index in [1.807, 2.05) is 81.5 Å². The van der Waals surface area contributed by atoms with Crippen molar-refractivity contribution < 1.29 is 4.21 Å². The summed E-state index contributed by atoms with van der Waals surface area (Å²) in [5, 5.41) is 0.724. The molecule has 0 heterocycles. The molecule has 0 spiro atoms. The highest BCUT2D eigenvalue weighted by molar-refractivity contribution is 7.86. The summed E-state index contributed by atoms with van der Waals surface area (Å²) in [7, 11) is -1.05. The van der Waals surface area contributed by atoms with Crippen LogP contribution in [0.25, 0.3) is 12.2 Å². The molecule has 0 aliphatic carbocycles. The van der Waals surface area contributed by atoms with Crippen molar-refractivity contribution in [3.8, 4) is 0 Å². The molecular formula is C18H19ClOS. The van der Waals surface area contributed by atoms with E-state index >= 15 is 0 Å². The van der Waals surface area contributed by atoms with Crippen molar-refractivity contribution in [3.05, 3.63) is 64.7 Å². The van der Waals surface area contributed by atoms with Gasteiger partial charge in [0.15, 0.2) is 0 Å². The van der Waals surface area contributed by atoms with Gasteiger partial charge in [-0.25, -0.2) is 0 Å². The third-order valence-electron chi connectivity index (χ3n) is 3.00. The number of hydrogen-bond donors (Lipinski definition) is 0. The van der Waals surface area contributed by atoms with Crippen molar-refractivity contribution in [2.45, 2.75) is 30.4 Å². The fraction of sp³-hybridized carbons (Fsp3) is 0.222. The first-order valence-electron chi connectivity index (χ1n) is 6.82. The molecule has 0 aromatic heterocycles. The minimum atomic E-state index is -1.05. The summed E-state index contributed by atoms with van der Waals surface area (Å²) >= 11 is 5.88. The van der Waals surface area contributed by atoms with Crippen LogP contribution in [0.1, 0.15) is 31.9 Å². The summed E-state index contributed by atoms with van der Waals surface area (Å²) in [4.78, 5) is 0.871. The topological polar surface area (TPSA) is 17.1 Å². The van der Waals surface area contributed by atoms with Gasteiger partial charge in [-0.15, -0.1) is 0 Å². The Labute approximate surface area is 134 Å². The van der Waals surface area contributed by atoms with E-state index in [0.29, 0.717) is 0 Å². The van der Waals surface area contributed by atoms with Crippen LogP contribution in [0.15, 0.2) is 53.4 Å². The standard InChI is InChI=1S/C18H19ClOS/c1-18(2,3)21(20)17-7-5-4-6-15(17)11-8-14-9-12-16(19)13-10-14/h4-13H,1-3H3/b11-8+/t21-/m0/s1. The predicted molar refractivity (Wildman–Crippen MR) is 93.0 cm³/mol. The maximum absolute atomic E-state index is 12.6. The highest BCUT2D eigenvalue weighted by atomic mass is 35.5. The van der Waals surface area contributed by atoms with E-state index in [4.69, 9.17) is 11.6 Å². The molecule has 0 saturated carbocycles. The van der Waals surface area contributed by atoms with Crippen LogP contribution in [0.2, 0.25) is 5.02 Å². The Hall–Kier alpha value is -1.38. The molecule has 0 bridgehead atoms. The van der Waals surface area contributed by atoms with E-state index in [1.54, 1.807) is 0 Å². The Morgan fingerprint density at radius 2 is 1.57 bits per heavy atom. The molecule has 0 fully saturated rings. The van der Waals surface area contributed by atoms with Crippen molar-refractivity contribution >= 4 is 34.6 Å². The van der Waals surface area contributed by atoms with E-state index in [1.165, 1.54) is 0 Å². The summed E-state index contributed by atoms with van der Waals surface area (Å²) in [6.07, 6.45) is 4.01. The molecule has 2 rings (SSSR count). The van der Waals surface area contributed by atoms with Gasteiger partial charge < -0.3 is 0 Å². The van der Waals surface area contributed by atoms with E-state index in [-0.39, 0.29) is 4.75 Å². The van der Waals surface area contributed by atoms with Crippen LogP contribution in [0.5, 0.6) is 0 Å². The first kappa shape index (κ1) is 16.0. The summed E-state index contributed by atoms with van der Waals surface area (Å²) in [6, 6.07) is 15.5. The Morgan fingerprint density at radius 3 is 2.19 bits per heavy atom. The van der Waals surface area contributed by atoms with Crippen LogP contribution in [0, 0.1) is 0 Å². The number of hydrogen-bond acceptors (Lipinski definition) is 1. The number of rotatable bonds is 3. The molecule has 1 atom stereocenters. The zero-order valence-corrected chi connectivity index (χ0v) is 14.0. The van der Waals surface area contributed by atoms with E-state index < -0.39 is 10.8 Å². The van der Waals surface area contributed by atoms with Gasteiger partial charge in [-0.3, -0.25) is 4.21 Å². The van der Waals surface area contributed by atoms with Gasteiger partial charge in [-0.1, -0.05) is 54.1 Å². The molecule has 0 aliphatic rings. The Bertz CT molecular complexity index is 666. The summed E-state index contributed by atoms with van der Waals surface area (Å²) < 4.78 is 12.3. The highest BCUT2D eigenvalue weighted by Crippen LogP contribution is 2.25. The molecule has 2 aromatic rings. The van der Waals surface area contributed by atoms with Crippen molar-refractivity contribution in [2.75, 3.05) is 0 Å².